The summed E-state index contributed by atoms with van der Waals surface area (Å²) in [5.41, 5.74) is 2.26. The van der Waals surface area contributed by atoms with E-state index in [9.17, 15) is 14.4 Å². The molecule has 1 aromatic heterocycles. The first-order valence-corrected chi connectivity index (χ1v) is 15.8. The van der Waals surface area contributed by atoms with E-state index >= 15 is 0 Å². The second-order valence-corrected chi connectivity index (χ2v) is 11.9. The van der Waals surface area contributed by atoms with Gasteiger partial charge in [0, 0.05) is 10.5 Å². The van der Waals surface area contributed by atoms with Crippen molar-refractivity contribution in [1.82, 2.24) is 4.57 Å². The van der Waals surface area contributed by atoms with E-state index in [2.05, 4.69) is 0 Å². The fraction of sp³-hybridized carbons (Fsp3) is 0.161. The average molecular weight is 656 g/mol. The lowest BCUT2D eigenvalue weighted by atomic mass is 9.93. The molecule has 220 valence electrons. The van der Waals surface area contributed by atoms with Crippen molar-refractivity contribution in [3.8, 4) is 5.75 Å². The monoisotopic (exact) mass is 654 g/mol. The van der Waals surface area contributed by atoms with Gasteiger partial charge in [-0.25, -0.2) is 14.6 Å². The zero-order chi connectivity index (χ0) is 30.7. The number of benzene rings is 3. The largest absolute Gasteiger partial charge is 0.479 e. The fourth-order valence-corrected chi connectivity index (χ4v) is 6.65. The molecule has 1 atom stereocenters. The summed E-state index contributed by atoms with van der Waals surface area (Å²) in [6, 6.07) is 19.2. The molecule has 0 fully saturated rings. The Morgan fingerprint density at radius 3 is 2.37 bits per heavy atom. The smallest absolute Gasteiger partial charge is 0.341 e. The molecule has 3 aromatic carbocycles. The number of carboxylic acid groups (broad SMARTS) is 1. The first-order chi connectivity index (χ1) is 20.7. The Hall–Kier alpha value is -3.83. The van der Waals surface area contributed by atoms with Gasteiger partial charge >= 0.3 is 11.9 Å². The molecule has 0 bridgehead atoms. The first-order valence-electron chi connectivity index (χ1n) is 13.0. The summed E-state index contributed by atoms with van der Waals surface area (Å²) in [5.74, 6) is -1.70. The molecule has 12 heteroatoms. The van der Waals surface area contributed by atoms with Crippen LogP contribution in [0.1, 0.15) is 29.7 Å². The SMILES string of the molecule is CCOC(=O)C1=C(c2ccccc2)N=c2s/c(=C\c3cc(Cl)c(OCC(=O)O)c(Cl)c3)c(=O)n2[C@H]1c1ccc(SC)cc1. The van der Waals surface area contributed by atoms with E-state index in [0.29, 0.717) is 26.2 Å². The summed E-state index contributed by atoms with van der Waals surface area (Å²) in [6.07, 6.45) is 3.59. The topological polar surface area (TPSA) is 107 Å². The molecule has 8 nitrogen and oxygen atoms in total. The number of aromatic nitrogens is 1. The van der Waals surface area contributed by atoms with Crippen LogP contribution in [-0.4, -0.2) is 41.1 Å². The molecular formula is C31H24Cl2N2O6S2. The number of ether oxygens (including phenoxy) is 2. The second kappa shape index (κ2) is 13.2. The van der Waals surface area contributed by atoms with E-state index < -0.39 is 24.6 Å². The predicted molar refractivity (Wildman–Crippen MR) is 169 cm³/mol. The van der Waals surface area contributed by atoms with Crippen molar-refractivity contribution in [3.05, 3.63) is 119 Å². The van der Waals surface area contributed by atoms with Crippen molar-refractivity contribution >= 4 is 70.0 Å². The van der Waals surface area contributed by atoms with Gasteiger partial charge < -0.3 is 14.6 Å². The number of esters is 1. The summed E-state index contributed by atoms with van der Waals surface area (Å²) in [4.78, 5) is 44.8. The molecule has 0 saturated heterocycles. The molecule has 0 unspecified atom stereocenters. The zero-order valence-corrected chi connectivity index (χ0v) is 26.0. The second-order valence-electron chi connectivity index (χ2n) is 9.20. The molecule has 0 amide bonds. The van der Waals surface area contributed by atoms with Crippen LogP contribution >= 0.6 is 46.3 Å². The molecule has 1 aliphatic rings. The summed E-state index contributed by atoms with van der Waals surface area (Å²) < 4.78 is 12.5. The Bertz CT molecular complexity index is 1900. The van der Waals surface area contributed by atoms with Crippen molar-refractivity contribution in [2.45, 2.75) is 17.9 Å². The standard InChI is InChI=1S/C31H24Cl2N2O6S2/c1-3-40-30(39)25-26(18-7-5-4-6-8-18)34-31-35(27(25)19-9-11-20(42-2)12-10-19)29(38)23(43-31)15-17-13-21(32)28(22(33)14-17)41-16-24(36)37/h4-15,27H,3,16H2,1-2H3,(H,36,37)/b23-15-/t27-/m0/s1. The van der Waals surface area contributed by atoms with Crippen LogP contribution in [0.4, 0.5) is 0 Å². The Morgan fingerprint density at radius 2 is 1.77 bits per heavy atom. The molecule has 0 spiro atoms. The number of thioether (sulfide) groups is 1. The van der Waals surface area contributed by atoms with Gasteiger partial charge in [-0.1, -0.05) is 77.0 Å². The van der Waals surface area contributed by atoms with E-state index in [1.165, 1.54) is 16.7 Å². The molecule has 0 aliphatic carbocycles. The van der Waals surface area contributed by atoms with Gasteiger partial charge in [0.1, 0.15) is 0 Å². The number of rotatable bonds is 9. The van der Waals surface area contributed by atoms with Crippen LogP contribution in [0.5, 0.6) is 5.75 Å². The molecule has 1 aliphatic heterocycles. The lowest BCUT2D eigenvalue weighted by molar-refractivity contribution is -0.140. The molecule has 0 saturated carbocycles. The fourth-order valence-electron chi connectivity index (χ4n) is 4.63. The van der Waals surface area contributed by atoms with E-state index in [-0.39, 0.29) is 33.5 Å². The van der Waals surface area contributed by atoms with Crippen LogP contribution < -0.4 is 19.6 Å². The van der Waals surface area contributed by atoms with Crippen LogP contribution in [0.2, 0.25) is 10.0 Å². The van der Waals surface area contributed by atoms with Crippen LogP contribution in [0.15, 0.2) is 87.0 Å². The lowest BCUT2D eigenvalue weighted by Crippen LogP contribution is -2.40. The van der Waals surface area contributed by atoms with Gasteiger partial charge in [-0.05, 0) is 54.6 Å². The van der Waals surface area contributed by atoms with Crippen LogP contribution in [0.25, 0.3) is 11.8 Å². The third-order valence-corrected chi connectivity index (χ3v) is 8.75. The number of carbonyl (C=O) groups excluding carboxylic acids is 1. The number of halogens is 2. The number of aliphatic carboxylic acids is 1. The molecule has 1 N–H and O–H groups in total. The molecule has 43 heavy (non-hydrogen) atoms. The van der Waals surface area contributed by atoms with Gasteiger partial charge in [0.2, 0.25) is 0 Å². The van der Waals surface area contributed by atoms with Crippen molar-refractivity contribution < 1.29 is 24.2 Å². The van der Waals surface area contributed by atoms with Gasteiger partial charge in [-0.3, -0.25) is 9.36 Å². The number of hydrogen-bond donors (Lipinski definition) is 1. The Labute approximate surface area is 264 Å². The highest BCUT2D eigenvalue weighted by atomic mass is 35.5. The minimum Gasteiger partial charge on any atom is -0.479 e. The zero-order valence-electron chi connectivity index (χ0n) is 22.9. The summed E-state index contributed by atoms with van der Waals surface area (Å²) in [6.45, 7) is 1.27. The predicted octanol–water partition coefficient (Wildman–Crippen LogP) is 5.43. The highest BCUT2D eigenvalue weighted by molar-refractivity contribution is 7.98. The summed E-state index contributed by atoms with van der Waals surface area (Å²) in [5, 5.41) is 9.11. The maximum atomic E-state index is 14.1. The van der Waals surface area contributed by atoms with Gasteiger partial charge in [-0.15, -0.1) is 11.8 Å². The van der Waals surface area contributed by atoms with Crippen molar-refractivity contribution in [1.29, 1.82) is 0 Å². The quantitative estimate of drug-likeness (QED) is 0.189. The number of carbonyl (C=O) groups is 2. The summed E-state index contributed by atoms with van der Waals surface area (Å²) in [7, 11) is 0. The van der Waals surface area contributed by atoms with Gasteiger partial charge in [-0.2, -0.15) is 0 Å². The lowest BCUT2D eigenvalue weighted by Gasteiger charge is -2.26. The van der Waals surface area contributed by atoms with E-state index in [1.54, 1.807) is 24.8 Å². The molecule has 4 aromatic rings. The number of carboxylic acids is 1. The highest BCUT2D eigenvalue weighted by Gasteiger charge is 2.35. The number of hydrogen-bond acceptors (Lipinski definition) is 8. The minimum atomic E-state index is -1.17. The van der Waals surface area contributed by atoms with E-state index in [1.807, 2.05) is 60.9 Å². The normalized spacial score (nSPS) is 14.7. The Balaban J connectivity index is 1.74. The average Bonchev–Trinajstić information content (AvgIpc) is 3.30. The molecule has 2 heterocycles. The molecular weight excluding hydrogens is 631 g/mol. The number of fused-ring (bicyclic) bond motifs is 1. The van der Waals surface area contributed by atoms with Crippen LogP contribution in [0, 0.1) is 0 Å². The third kappa shape index (κ3) is 6.42. The molecule has 0 radical (unpaired) electrons. The van der Waals surface area contributed by atoms with Gasteiger partial charge in [0.15, 0.2) is 17.2 Å². The minimum absolute atomic E-state index is 0.0321. The Morgan fingerprint density at radius 1 is 1.09 bits per heavy atom. The highest BCUT2D eigenvalue weighted by Crippen LogP contribution is 2.36. The van der Waals surface area contributed by atoms with Crippen molar-refractivity contribution in [2.24, 2.45) is 4.99 Å². The number of thiazole rings is 1. The summed E-state index contributed by atoms with van der Waals surface area (Å²) >= 11 is 15.4. The van der Waals surface area contributed by atoms with E-state index in [0.717, 1.165) is 21.8 Å². The van der Waals surface area contributed by atoms with E-state index in [4.69, 9.17) is 42.8 Å². The maximum Gasteiger partial charge on any atom is 0.341 e. The van der Waals surface area contributed by atoms with Crippen LogP contribution in [0.3, 0.4) is 0 Å². The van der Waals surface area contributed by atoms with Crippen LogP contribution in [-0.2, 0) is 14.3 Å². The van der Waals surface area contributed by atoms with Gasteiger partial charge in [0.05, 0.1) is 38.5 Å². The number of nitrogens with zero attached hydrogens (tertiary/aromatic N) is 2. The van der Waals surface area contributed by atoms with Gasteiger partial charge in [0.25, 0.3) is 5.56 Å². The maximum absolute atomic E-state index is 14.1. The van der Waals surface area contributed by atoms with Crippen molar-refractivity contribution in [3.63, 3.8) is 0 Å². The molecule has 5 rings (SSSR count). The third-order valence-electron chi connectivity index (χ3n) is 6.46. The first kappa shape index (κ1) is 30.6. The Kier molecular flexibility index (Phi) is 9.41. The van der Waals surface area contributed by atoms with Crippen molar-refractivity contribution in [2.75, 3.05) is 19.5 Å².